The largest absolute Gasteiger partial charge is 0.272 e. The number of rotatable bonds is 3. The predicted molar refractivity (Wildman–Crippen MR) is 125 cm³/mol. The molecule has 174 valence electrons. The Morgan fingerprint density at radius 1 is 0.875 bits per heavy atom. The van der Waals surface area contributed by atoms with E-state index in [1.165, 1.54) is 51.4 Å². The van der Waals surface area contributed by atoms with E-state index in [-0.39, 0.29) is 23.4 Å². The van der Waals surface area contributed by atoms with Crippen molar-refractivity contribution < 1.29 is 9.59 Å². The lowest BCUT2D eigenvalue weighted by atomic mass is 9.63. The molecular formula is C27H39N3O2. The van der Waals surface area contributed by atoms with Gasteiger partial charge in [0.15, 0.2) is 0 Å². The van der Waals surface area contributed by atoms with Crippen LogP contribution in [0.2, 0.25) is 0 Å². The lowest BCUT2D eigenvalue weighted by Crippen LogP contribution is -2.59. The number of fused-ring (bicyclic) bond motifs is 1. The Bertz CT molecular complexity index is 789. The molecule has 3 aliphatic carbocycles. The molecule has 0 aromatic heterocycles. The highest BCUT2D eigenvalue weighted by atomic mass is 16.2. The average Bonchev–Trinajstić information content (AvgIpc) is 3.33. The van der Waals surface area contributed by atoms with E-state index in [0.717, 1.165) is 62.6 Å². The maximum Gasteiger partial charge on any atom is 0.257 e. The third-order valence-electron chi connectivity index (χ3n) is 9.14. The van der Waals surface area contributed by atoms with Crippen LogP contribution in [-0.2, 0) is 9.59 Å². The monoisotopic (exact) mass is 437 g/mol. The Hall–Kier alpha value is -1.64. The van der Waals surface area contributed by atoms with Gasteiger partial charge in [0.25, 0.3) is 11.8 Å². The zero-order valence-electron chi connectivity index (χ0n) is 19.5. The Balaban J connectivity index is 1.36. The Morgan fingerprint density at radius 3 is 2.12 bits per heavy atom. The lowest BCUT2D eigenvalue weighted by molar-refractivity contribution is -0.142. The van der Waals surface area contributed by atoms with Crippen LogP contribution < -0.4 is 5.43 Å². The molecule has 2 heterocycles. The number of nitrogens with one attached hydrogen (secondary N) is 1. The molecule has 2 amide bonds. The maximum atomic E-state index is 13.2. The van der Waals surface area contributed by atoms with Gasteiger partial charge in [0.05, 0.1) is 6.54 Å². The number of hydrogen-bond acceptors (Lipinski definition) is 4. The molecule has 0 radical (unpaired) electrons. The van der Waals surface area contributed by atoms with Gasteiger partial charge in [-0.05, 0) is 69.6 Å². The summed E-state index contributed by atoms with van der Waals surface area (Å²) in [4.78, 5) is 28.1. The number of carbonyl (C=O) groups excluding carboxylic acids is 2. The van der Waals surface area contributed by atoms with Gasteiger partial charge < -0.3 is 0 Å². The predicted octanol–water partition coefficient (Wildman–Crippen LogP) is 4.34. The number of hydrogen-bond donors (Lipinski definition) is 1. The minimum absolute atomic E-state index is 0.0241. The van der Waals surface area contributed by atoms with E-state index in [4.69, 9.17) is 6.42 Å². The molecule has 3 atom stereocenters. The average molecular weight is 438 g/mol. The van der Waals surface area contributed by atoms with Crippen molar-refractivity contribution in [2.24, 2.45) is 11.8 Å². The Kier molecular flexibility index (Phi) is 6.45. The smallest absolute Gasteiger partial charge is 0.257 e. The zero-order chi connectivity index (χ0) is 22.1. The van der Waals surface area contributed by atoms with Gasteiger partial charge in [-0.1, -0.05) is 44.4 Å². The summed E-state index contributed by atoms with van der Waals surface area (Å²) in [6, 6.07) is 0.0441. The van der Waals surface area contributed by atoms with Crippen molar-refractivity contribution in [3.05, 3.63) is 11.1 Å². The van der Waals surface area contributed by atoms with Gasteiger partial charge in [-0.15, -0.1) is 6.42 Å². The maximum absolute atomic E-state index is 13.2. The van der Waals surface area contributed by atoms with Crippen LogP contribution >= 0.6 is 0 Å². The minimum atomic E-state index is 0.0241. The second-order valence-corrected chi connectivity index (χ2v) is 10.9. The number of nitrogens with zero attached hydrogens (tertiary/aromatic N) is 2. The fourth-order valence-corrected chi connectivity index (χ4v) is 7.57. The van der Waals surface area contributed by atoms with Gasteiger partial charge in [-0.3, -0.25) is 14.5 Å². The third-order valence-corrected chi connectivity index (χ3v) is 9.14. The highest BCUT2D eigenvalue weighted by Gasteiger charge is 2.55. The molecule has 0 aromatic rings. The van der Waals surface area contributed by atoms with E-state index in [1.54, 1.807) is 4.90 Å². The number of imide groups is 1. The summed E-state index contributed by atoms with van der Waals surface area (Å²) < 4.78 is 0. The van der Waals surface area contributed by atoms with Crippen molar-refractivity contribution in [1.29, 1.82) is 0 Å². The molecule has 5 aliphatic rings. The quantitative estimate of drug-likeness (QED) is 0.527. The molecule has 5 rings (SSSR count). The fraction of sp³-hybridized carbons (Fsp3) is 0.778. The van der Waals surface area contributed by atoms with Crippen molar-refractivity contribution in [2.45, 2.75) is 108 Å². The molecule has 5 heteroatoms. The van der Waals surface area contributed by atoms with Gasteiger partial charge in [0.1, 0.15) is 0 Å². The second-order valence-electron chi connectivity index (χ2n) is 10.9. The van der Waals surface area contributed by atoms with Gasteiger partial charge >= 0.3 is 0 Å². The zero-order valence-corrected chi connectivity index (χ0v) is 19.5. The molecule has 1 N–H and O–H groups in total. The van der Waals surface area contributed by atoms with Gasteiger partial charge in [0.2, 0.25) is 0 Å². The molecule has 5 nitrogen and oxygen atoms in total. The second kappa shape index (κ2) is 9.31. The number of carbonyl (C=O) groups is 2. The summed E-state index contributed by atoms with van der Waals surface area (Å²) in [5.41, 5.74) is 5.65. The summed E-state index contributed by atoms with van der Waals surface area (Å²) in [6.45, 7) is 1.55. The van der Waals surface area contributed by atoms with E-state index in [2.05, 4.69) is 16.4 Å². The highest BCUT2D eigenvalue weighted by molar-refractivity contribution is 6.19. The molecule has 2 aliphatic heterocycles. The van der Waals surface area contributed by atoms with Crippen molar-refractivity contribution in [2.75, 3.05) is 13.1 Å². The minimum Gasteiger partial charge on any atom is -0.272 e. The Morgan fingerprint density at radius 2 is 1.50 bits per heavy atom. The van der Waals surface area contributed by atoms with Crippen LogP contribution in [0.5, 0.6) is 0 Å². The summed E-state index contributed by atoms with van der Waals surface area (Å²) in [5.74, 6) is 3.97. The van der Waals surface area contributed by atoms with E-state index < -0.39 is 0 Å². The van der Waals surface area contributed by atoms with Crippen LogP contribution in [0.25, 0.3) is 0 Å². The van der Waals surface area contributed by atoms with Crippen molar-refractivity contribution >= 4 is 11.8 Å². The first-order valence-corrected chi connectivity index (χ1v) is 13.2. The number of amides is 2. The standard InChI is InChI=1S/C27H39N3O2/c1-2-17-29-19-21-18-22(30-25(31)23-13-9-10-14-24(23)26(30)32)15-16-27(21,28-29)20-11-7-5-3-4-6-8-12-20/h1,20-22,28H,3-19H2. The first-order valence-electron chi connectivity index (χ1n) is 13.2. The first-order chi connectivity index (χ1) is 15.6. The SMILES string of the molecule is C#CCN1CC2CC(N3C(=O)C4=C(CCCC4)C3=O)CCC2(C2CCCCCCCC2)N1. The fourth-order valence-electron chi connectivity index (χ4n) is 7.57. The van der Waals surface area contributed by atoms with Crippen molar-refractivity contribution in [3.63, 3.8) is 0 Å². The van der Waals surface area contributed by atoms with Crippen LogP contribution in [-0.4, -0.2) is 46.4 Å². The summed E-state index contributed by atoms with van der Waals surface area (Å²) in [5, 5.41) is 2.25. The lowest BCUT2D eigenvalue weighted by Gasteiger charge is -2.48. The van der Waals surface area contributed by atoms with Crippen molar-refractivity contribution in [3.8, 4) is 12.3 Å². The Labute approximate surface area is 193 Å². The number of terminal acetylenes is 1. The van der Waals surface area contributed by atoms with Crippen LogP contribution in [0.1, 0.15) is 96.3 Å². The summed E-state index contributed by atoms with van der Waals surface area (Å²) in [7, 11) is 0. The molecule has 3 unspecified atom stereocenters. The molecule has 0 bridgehead atoms. The first kappa shape index (κ1) is 22.2. The molecule has 0 spiro atoms. The van der Waals surface area contributed by atoms with Crippen LogP contribution in [0.15, 0.2) is 11.1 Å². The molecule has 2 saturated carbocycles. The number of hydrazine groups is 1. The van der Waals surface area contributed by atoms with E-state index >= 15 is 0 Å². The van der Waals surface area contributed by atoms with Crippen LogP contribution in [0.4, 0.5) is 0 Å². The van der Waals surface area contributed by atoms with E-state index in [0.29, 0.717) is 18.4 Å². The van der Waals surface area contributed by atoms with Gasteiger partial charge in [-0.25, -0.2) is 10.4 Å². The highest BCUT2D eigenvalue weighted by Crippen LogP contribution is 2.49. The normalized spacial score (nSPS) is 35.2. The van der Waals surface area contributed by atoms with E-state index in [9.17, 15) is 9.59 Å². The van der Waals surface area contributed by atoms with Crippen LogP contribution in [0, 0.1) is 24.2 Å². The topological polar surface area (TPSA) is 52.7 Å². The molecular weight excluding hydrogens is 398 g/mol. The molecule has 0 aromatic carbocycles. The van der Waals surface area contributed by atoms with E-state index in [1.807, 2.05) is 0 Å². The van der Waals surface area contributed by atoms with Crippen molar-refractivity contribution in [1.82, 2.24) is 15.3 Å². The molecule has 1 saturated heterocycles. The van der Waals surface area contributed by atoms with Crippen LogP contribution in [0.3, 0.4) is 0 Å². The molecule has 3 fully saturated rings. The summed E-state index contributed by atoms with van der Waals surface area (Å²) in [6.07, 6.45) is 22.9. The summed E-state index contributed by atoms with van der Waals surface area (Å²) >= 11 is 0. The van der Waals surface area contributed by atoms with Gasteiger partial charge in [0, 0.05) is 29.3 Å². The third kappa shape index (κ3) is 3.84. The molecule has 32 heavy (non-hydrogen) atoms. The van der Waals surface area contributed by atoms with Gasteiger partial charge in [-0.2, -0.15) is 0 Å².